The Morgan fingerprint density at radius 1 is 1.30 bits per heavy atom. The van der Waals surface area contributed by atoms with Crippen molar-refractivity contribution in [3.63, 3.8) is 0 Å². The van der Waals surface area contributed by atoms with Gasteiger partial charge in [0.25, 0.3) is 5.91 Å². The maximum Gasteiger partial charge on any atom is 0.257 e. The highest BCUT2D eigenvalue weighted by atomic mass is 16.5. The van der Waals surface area contributed by atoms with Gasteiger partial charge in [-0.05, 0) is 38.0 Å². The normalized spacial score (nSPS) is 15.2. The minimum atomic E-state index is -0.355. The Labute approximate surface area is 174 Å². The molecule has 1 aliphatic heterocycles. The quantitative estimate of drug-likeness (QED) is 0.673. The average molecular weight is 408 g/mol. The van der Waals surface area contributed by atoms with Gasteiger partial charge in [-0.2, -0.15) is 0 Å². The number of hydrogen-bond acceptors (Lipinski definition) is 6. The number of nitrogens with zero attached hydrogens (tertiary/aromatic N) is 3. The minimum Gasteiger partial charge on any atom is -0.467 e. The maximum atomic E-state index is 13.0. The largest absolute Gasteiger partial charge is 0.467 e. The zero-order chi connectivity index (χ0) is 21.3. The number of aromatic nitrogens is 1. The van der Waals surface area contributed by atoms with Crippen molar-refractivity contribution in [1.82, 2.24) is 10.1 Å². The van der Waals surface area contributed by atoms with Gasteiger partial charge in [-0.3, -0.25) is 9.59 Å². The summed E-state index contributed by atoms with van der Waals surface area (Å²) in [6, 6.07) is 11.8. The van der Waals surface area contributed by atoms with Crippen LogP contribution in [-0.2, 0) is 17.8 Å². The molecule has 30 heavy (non-hydrogen) atoms. The van der Waals surface area contributed by atoms with E-state index < -0.39 is 0 Å². The molecule has 0 aliphatic carbocycles. The predicted octanol–water partition coefficient (Wildman–Crippen LogP) is 3.24. The summed E-state index contributed by atoms with van der Waals surface area (Å²) < 4.78 is 10.6. The van der Waals surface area contributed by atoms with Crippen LogP contribution in [0.3, 0.4) is 0 Å². The first kappa shape index (κ1) is 19.8. The molecule has 0 saturated heterocycles. The first-order valence-corrected chi connectivity index (χ1v) is 9.82. The van der Waals surface area contributed by atoms with Crippen LogP contribution in [0.5, 0.6) is 0 Å². The van der Waals surface area contributed by atoms with Gasteiger partial charge >= 0.3 is 0 Å². The molecule has 8 nitrogen and oxygen atoms in total. The van der Waals surface area contributed by atoms with Crippen molar-refractivity contribution < 1.29 is 18.5 Å². The summed E-state index contributed by atoms with van der Waals surface area (Å²) in [5, 5.41) is 6.34. The zero-order valence-corrected chi connectivity index (χ0v) is 17.2. The van der Waals surface area contributed by atoms with Gasteiger partial charge in [0, 0.05) is 24.8 Å². The maximum absolute atomic E-state index is 13.0. The highest BCUT2D eigenvalue weighted by molar-refractivity contribution is 5.99. The molecule has 156 valence electrons. The molecule has 4 rings (SSSR count). The van der Waals surface area contributed by atoms with Crippen LogP contribution < -0.4 is 10.2 Å². The van der Waals surface area contributed by atoms with E-state index in [1.807, 2.05) is 12.1 Å². The number of furan rings is 1. The number of nitrogens with one attached hydrogen (secondary N) is 1. The van der Waals surface area contributed by atoms with Gasteiger partial charge in [0.1, 0.15) is 11.5 Å². The van der Waals surface area contributed by atoms with E-state index >= 15 is 0 Å². The average Bonchev–Trinajstić information content (AvgIpc) is 3.41. The Hall–Kier alpha value is -3.55. The third kappa shape index (κ3) is 3.94. The van der Waals surface area contributed by atoms with Gasteiger partial charge in [0.2, 0.25) is 5.91 Å². The van der Waals surface area contributed by atoms with Crippen molar-refractivity contribution in [2.24, 2.45) is 0 Å². The van der Waals surface area contributed by atoms with Crippen LogP contribution in [-0.4, -0.2) is 41.5 Å². The number of rotatable bonds is 6. The lowest BCUT2D eigenvalue weighted by molar-refractivity contribution is -0.116. The molecule has 1 aromatic carbocycles. The highest BCUT2D eigenvalue weighted by Crippen LogP contribution is 2.33. The fourth-order valence-electron chi connectivity index (χ4n) is 3.78. The van der Waals surface area contributed by atoms with Gasteiger partial charge in [-0.1, -0.05) is 23.4 Å². The van der Waals surface area contributed by atoms with Gasteiger partial charge in [-0.15, -0.1) is 0 Å². The van der Waals surface area contributed by atoms with E-state index in [0.29, 0.717) is 35.5 Å². The van der Waals surface area contributed by atoms with E-state index in [0.717, 1.165) is 12.1 Å². The Morgan fingerprint density at radius 3 is 2.87 bits per heavy atom. The smallest absolute Gasteiger partial charge is 0.257 e. The van der Waals surface area contributed by atoms with E-state index in [-0.39, 0.29) is 18.4 Å². The van der Waals surface area contributed by atoms with Gasteiger partial charge in [-0.25, -0.2) is 0 Å². The number of carbonyl (C=O) groups is 2. The SMILES string of the molecule is Cc1cc(NC(=O)CN(C)C(=O)c2ccoc2CN2c3ccccc3CC2C)no1. The van der Waals surface area contributed by atoms with Gasteiger partial charge < -0.3 is 24.1 Å². The molecule has 1 atom stereocenters. The van der Waals surface area contributed by atoms with Crippen molar-refractivity contribution in [2.75, 3.05) is 23.8 Å². The van der Waals surface area contributed by atoms with E-state index in [9.17, 15) is 9.59 Å². The van der Waals surface area contributed by atoms with Crippen LogP contribution in [0, 0.1) is 6.92 Å². The predicted molar refractivity (Wildman–Crippen MR) is 111 cm³/mol. The molecular weight excluding hydrogens is 384 g/mol. The zero-order valence-electron chi connectivity index (χ0n) is 17.2. The Bertz CT molecular complexity index is 1070. The standard InChI is InChI=1S/C22H24N4O4/c1-14-10-16-6-4-5-7-18(16)26(14)12-19-17(8-9-29-19)22(28)25(3)13-21(27)23-20-11-15(2)30-24-20/h4-9,11,14H,10,12-13H2,1-3H3,(H,23,24,27). The number of aryl methyl sites for hydroxylation is 1. The van der Waals surface area contributed by atoms with Crippen molar-refractivity contribution >= 4 is 23.3 Å². The minimum absolute atomic E-state index is 0.113. The first-order valence-electron chi connectivity index (χ1n) is 9.82. The monoisotopic (exact) mass is 408 g/mol. The molecule has 1 N–H and O–H groups in total. The van der Waals surface area contributed by atoms with Crippen molar-refractivity contribution in [2.45, 2.75) is 32.9 Å². The Kier molecular flexibility index (Phi) is 5.31. The van der Waals surface area contributed by atoms with Crippen LogP contribution in [0.1, 0.15) is 34.4 Å². The third-order valence-corrected chi connectivity index (χ3v) is 5.26. The second-order valence-corrected chi connectivity index (χ2v) is 7.60. The van der Waals surface area contributed by atoms with Crippen molar-refractivity contribution in [3.05, 3.63) is 65.3 Å². The van der Waals surface area contributed by atoms with Gasteiger partial charge in [0.15, 0.2) is 5.82 Å². The second-order valence-electron chi connectivity index (χ2n) is 7.60. The van der Waals surface area contributed by atoms with E-state index in [1.54, 1.807) is 26.1 Å². The van der Waals surface area contributed by atoms with Crippen LogP contribution in [0.2, 0.25) is 0 Å². The number of fused-ring (bicyclic) bond motifs is 1. The third-order valence-electron chi connectivity index (χ3n) is 5.26. The molecule has 3 aromatic rings. The Morgan fingerprint density at radius 2 is 2.10 bits per heavy atom. The van der Waals surface area contributed by atoms with E-state index in [2.05, 4.69) is 34.4 Å². The number of likely N-dealkylation sites (N-methyl/N-ethyl adjacent to an activating group) is 1. The second kappa shape index (κ2) is 8.06. The van der Waals surface area contributed by atoms with Crippen molar-refractivity contribution in [1.29, 1.82) is 0 Å². The number of benzene rings is 1. The van der Waals surface area contributed by atoms with Crippen LogP contribution in [0.15, 0.2) is 51.6 Å². The molecule has 0 bridgehead atoms. The molecule has 0 fully saturated rings. The van der Waals surface area contributed by atoms with E-state index in [1.165, 1.54) is 16.7 Å². The topological polar surface area (TPSA) is 91.8 Å². The Balaban J connectivity index is 1.43. The highest BCUT2D eigenvalue weighted by Gasteiger charge is 2.28. The van der Waals surface area contributed by atoms with Gasteiger partial charge in [0.05, 0.1) is 24.9 Å². The number of hydrogen-bond donors (Lipinski definition) is 1. The van der Waals surface area contributed by atoms with E-state index in [4.69, 9.17) is 8.94 Å². The first-order chi connectivity index (χ1) is 14.4. The molecular formula is C22H24N4O4. The molecule has 0 radical (unpaired) electrons. The molecule has 1 unspecified atom stereocenters. The lowest BCUT2D eigenvalue weighted by atomic mass is 10.1. The van der Waals surface area contributed by atoms with Crippen LogP contribution in [0.25, 0.3) is 0 Å². The molecule has 0 spiro atoms. The molecule has 1 aliphatic rings. The molecule has 3 heterocycles. The summed E-state index contributed by atoms with van der Waals surface area (Å²) >= 11 is 0. The lowest BCUT2D eigenvalue weighted by Gasteiger charge is -2.24. The summed E-state index contributed by atoms with van der Waals surface area (Å²) in [7, 11) is 1.58. The summed E-state index contributed by atoms with van der Waals surface area (Å²) in [5.74, 6) is 0.874. The van der Waals surface area contributed by atoms with Crippen LogP contribution in [0.4, 0.5) is 11.5 Å². The fourth-order valence-corrected chi connectivity index (χ4v) is 3.78. The summed E-state index contributed by atoms with van der Waals surface area (Å²) in [6.45, 7) is 4.27. The van der Waals surface area contributed by atoms with Crippen LogP contribution >= 0.6 is 0 Å². The molecule has 2 amide bonds. The molecule has 8 heteroatoms. The summed E-state index contributed by atoms with van der Waals surface area (Å²) in [4.78, 5) is 28.8. The molecule has 0 saturated carbocycles. The summed E-state index contributed by atoms with van der Waals surface area (Å²) in [6.07, 6.45) is 2.48. The number of anilines is 2. The summed E-state index contributed by atoms with van der Waals surface area (Å²) in [5.41, 5.74) is 2.91. The number of amides is 2. The van der Waals surface area contributed by atoms with Crippen molar-refractivity contribution in [3.8, 4) is 0 Å². The lowest BCUT2D eigenvalue weighted by Crippen LogP contribution is -2.36. The molecule has 2 aromatic heterocycles. The number of para-hydroxylation sites is 1. The number of carbonyl (C=O) groups excluding carboxylic acids is 2. The fraction of sp³-hybridized carbons (Fsp3) is 0.318.